The number of anilines is 1. The number of nitrogens with zero attached hydrogens (tertiary/aromatic N) is 2. The molecule has 0 aliphatic carbocycles. The molecule has 1 heterocycles. The number of benzene rings is 3. The second-order valence-corrected chi connectivity index (χ2v) is 7.35. The molecule has 0 radical (unpaired) electrons. The lowest BCUT2D eigenvalue weighted by atomic mass is 10.1. The van der Waals surface area contributed by atoms with Crippen LogP contribution in [0.4, 0.5) is 5.82 Å². The number of hydrogen-bond acceptors (Lipinski definition) is 3. The Hall–Kier alpha value is -3.20. The second kappa shape index (κ2) is 8.22. The van der Waals surface area contributed by atoms with Gasteiger partial charge in [-0.1, -0.05) is 72.3 Å². The number of aryl methyl sites for hydroxylation is 2. The van der Waals surface area contributed by atoms with Crippen LogP contribution in [0.15, 0.2) is 78.9 Å². The maximum Gasteiger partial charge on any atom is 0.162 e. The number of aromatic nitrogens is 2. The lowest BCUT2D eigenvalue weighted by Gasteiger charge is -2.17. The first-order valence-electron chi connectivity index (χ1n) is 9.83. The summed E-state index contributed by atoms with van der Waals surface area (Å²) in [6.07, 6.45) is 2.09. The fourth-order valence-corrected chi connectivity index (χ4v) is 3.35. The zero-order chi connectivity index (χ0) is 19.3. The molecule has 1 N–H and O–H groups in total. The van der Waals surface area contributed by atoms with Crippen molar-refractivity contribution in [3.05, 3.63) is 90.0 Å². The van der Waals surface area contributed by atoms with Crippen LogP contribution in [-0.2, 0) is 6.42 Å². The van der Waals surface area contributed by atoms with Gasteiger partial charge in [0.1, 0.15) is 5.82 Å². The third-order valence-corrected chi connectivity index (χ3v) is 5.00. The van der Waals surface area contributed by atoms with Crippen LogP contribution in [0.3, 0.4) is 0 Å². The maximum atomic E-state index is 4.87. The molecular formula is C25H25N3. The molecule has 0 spiro atoms. The van der Waals surface area contributed by atoms with Crippen molar-refractivity contribution >= 4 is 16.7 Å². The monoisotopic (exact) mass is 367 g/mol. The first-order chi connectivity index (χ1) is 13.7. The summed E-state index contributed by atoms with van der Waals surface area (Å²) in [7, 11) is 0. The average molecular weight is 367 g/mol. The van der Waals surface area contributed by atoms with E-state index in [2.05, 4.69) is 85.9 Å². The summed E-state index contributed by atoms with van der Waals surface area (Å²) in [4.78, 5) is 9.66. The van der Waals surface area contributed by atoms with Gasteiger partial charge < -0.3 is 5.32 Å². The van der Waals surface area contributed by atoms with Gasteiger partial charge in [-0.2, -0.15) is 0 Å². The van der Waals surface area contributed by atoms with Gasteiger partial charge in [0.15, 0.2) is 5.82 Å². The van der Waals surface area contributed by atoms with E-state index in [1.165, 1.54) is 11.1 Å². The highest BCUT2D eigenvalue weighted by Crippen LogP contribution is 2.26. The van der Waals surface area contributed by atoms with Gasteiger partial charge in [-0.3, -0.25) is 0 Å². The third kappa shape index (κ3) is 4.20. The van der Waals surface area contributed by atoms with Crippen LogP contribution in [0.1, 0.15) is 24.5 Å². The quantitative estimate of drug-likeness (QED) is 0.451. The number of hydrogen-bond donors (Lipinski definition) is 1. The summed E-state index contributed by atoms with van der Waals surface area (Å²) >= 11 is 0. The van der Waals surface area contributed by atoms with Crippen LogP contribution in [0, 0.1) is 6.92 Å². The molecule has 0 saturated heterocycles. The molecule has 0 aliphatic heterocycles. The van der Waals surface area contributed by atoms with E-state index in [0.29, 0.717) is 6.04 Å². The van der Waals surface area contributed by atoms with Crippen LogP contribution in [-0.4, -0.2) is 16.0 Å². The van der Waals surface area contributed by atoms with E-state index < -0.39 is 0 Å². The highest BCUT2D eigenvalue weighted by molar-refractivity contribution is 5.90. The van der Waals surface area contributed by atoms with Crippen molar-refractivity contribution in [1.82, 2.24) is 9.97 Å². The van der Waals surface area contributed by atoms with Gasteiger partial charge in [0.2, 0.25) is 0 Å². The van der Waals surface area contributed by atoms with Crippen molar-refractivity contribution in [2.24, 2.45) is 0 Å². The predicted octanol–water partition coefficient (Wildman–Crippen LogP) is 6.04. The Bertz CT molecular complexity index is 1060. The fraction of sp³-hybridized carbons (Fsp3) is 0.200. The minimum atomic E-state index is 0.310. The van der Waals surface area contributed by atoms with E-state index in [1.807, 2.05) is 12.1 Å². The molecule has 4 aromatic rings. The third-order valence-electron chi connectivity index (χ3n) is 5.00. The molecule has 0 aliphatic rings. The molecule has 3 nitrogen and oxygen atoms in total. The van der Waals surface area contributed by atoms with E-state index in [1.54, 1.807) is 0 Å². The number of para-hydroxylation sites is 1. The first-order valence-corrected chi connectivity index (χ1v) is 9.83. The molecule has 0 amide bonds. The average Bonchev–Trinajstić information content (AvgIpc) is 2.73. The summed E-state index contributed by atoms with van der Waals surface area (Å²) in [6.45, 7) is 4.30. The molecule has 0 saturated carbocycles. The van der Waals surface area contributed by atoms with Crippen molar-refractivity contribution in [2.75, 3.05) is 5.32 Å². The number of nitrogens with one attached hydrogen (secondary N) is 1. The largest absolute Gasteiger partial charge is 0.367 e. The molecule has 1 unspecified atom stereocenters. The van der Waals surface area contributed by atoms with E-state index in [-0.39, 0.29) is 0 Å². The Balaban J connectivity index is 1.60. The molecule has 1 atom stereocenters. The molecule has 3 aromatic carbocycles. The van der Waals surface area contributed by atoms with Gasteiger partial charge in [0.05, 0.1) is 5.52 Å². The van der Waals surface area contributed by atoms with Crippen molar-refractivity contribution in [1.29, 1.82) is 0 Å². The van der Waals surface area contributed by atoms with Crippen LogP contribution < -0.4 is 5.32 Å². The Morgan fingerprint density at radius 3 is 2.32 bits per heavy atom. The molecule has 4 rings (SSSR count). The highest BCUT2D eigenvalue weighted by atomic mass is 15.0. The van der Waals surface area contributed by atoms with Gasteiger partial charge in [0, 0.05) is 17.0 Å². The summed E-state index contributed by atoms with van der Waals surface area (Å²) in [5, 5.41) is 4.69. The Kier molecular flexibility index (Phi) is 5.34. The van der Waals surface area contributed by atoms with Gasteiger partial charge in [-0.25, -0.2) is 9.97 Å². The zero-order valence-electron chi connectivity index (χ0n) is 16.4. The van der Waals surface area contributed by atoms with Crippen LogP contribution in [0.2, 0.25) is 0 Å². The summed E-state index contributed by atoms with van der Waals surface area (Å²) < 4.78 is 0. The standard InChI is InChI=1S/C25H25N3/c1-18-12-16-21(17-13-18)24-27-23-11-7-6-10-22(23)25(28-24)26-19(2)14-15-20-8-4-3-5-9-20/h3-13,16-17,19H,14-15H2,1-2H3,(H,26,27,28). The Labute approximate surface area is 166 Å². The summed E-state index contributed by atoms with van der Waals surface area (Å²) in [6, 6.07) is 27.5. The topological polar surface area (TPSA) is 37.8 Å². The van der Waals surface area contributed by atoms with Crippen LogP contribution >= 0.6 is 0 Å². The van der Waals surface area contributed by atoms with Crippen molar-refractivity contribution < 1.29 is 0 Å². The molecule has 1 aromatic heterocycles. The SMILES string of the molecule is Cc1ccc(-c2nc(NC(C)CCc3ccccc3)c3ccccc3n2)cc1. The molecule has 0 fully saturated rings. The zero-order valence-corrected chi connectivity index (χ0v) is 16.4. The number of rotatable bonds is 6. The summed E-state index contributed by atoms with van der Waals surface area (Å²) in [5.74, 6) is 1.66. The Morgan fingerprint density at radius 2 is 1.54 bits per heavy atom. The van der Waals surface area contributed by atoms with Gasteiger partial charge in [-0.05, 0) is 44.4 Å². The fourth-order valence-electron chi connectivity index (χ4n) is 3.35. The second-order valence-electron chi connectivity index (χ2n) is 7.35. The van der Waals surface area contributed by atoms with Crippen molar-refractivity contribution in [3.8, 4) is 11.4 Å². The van der Waals surface area contributed by atoms with E-state index in [4.69, 9.17) is 9.97 Å². The lowest BCUT2D eigenvalue weighted by molar-refractivity contribution is 0.704. The predicted molar refractivity (Wildman–Crippen MR) is 118 cm³/mol. The van der Waals surface area contributed by atoms with Crippen molar-refractivity contribution in [3.63, 3.8) is 0 Å². The highest BCUT2D eigenvalue weighted by Gasteiger charge is 2.11. The normalized spacial score (nSPS) is 12.1. The minimum absolute atomic E-state index is 0.310. The van der Waals surface area contributed by atoms with Gasteiger partial charge in [-0.15, -0.1) is 0 Å². The van der Waals surface area contributed by atoms with E-state index in [0.717, 1.165) is 41.0 Å². The van der Waals surface area contributed by atoms with Gasteiger partial charge in [0.25, 0.3) is 0 Å². The van der Waals surface area contributed by atoms with Crippen molar-refractivity contribution in [2.45, 2.75) is 32.7 Å². The lowest BCUT2D eigenvalue weighted by Crippen LogP contribution is -2.17. The molecule has 140 valence electrons. The van der Waals surface area contributed by atoms with Gasteiger partial charge >= 0.3 is 0 Å². The molecule has 28 heavy (non-hydrogen) atoms. The van der Waals surface area contributed by atoms with E-state index in [9.17, 15) is 0 Å². The van der Waals surface area contributed by atoms with E-state index >= 15 is 0 Å². The van der Waals surface area contributed by atoms with Crippen LogP contribution in [0.5, 0.6) is 0 Å². The summed E-state index contributed by atoms with van der Waals surface area (Å²) in [5.41, 5.74) is 4.60. The minimum Gasteiger partial charge on any atom is -0.367 e. The Morgan fingerprint density at radius 1 is 0.821 bits per heavy atom. The first kappa shape index (κ1) is 18.2. The number of fused-ring (bicyclic) bond motifs is 1. The smallest absolute Gasteiger partial charge is 0.162 e. The molecular weight excluding hydrogens is 342 g/mol. The molecule has 0 bridgehead atoms. The van der Waals surface area contributed by atoms with Crippen LogP contribution in [0.25, 0.3) is 22.3 Å². The molecule has 3 heteroatoms. The maximum absolute atomic E-state index is 4.87.